The third-order valence-electron chi connectivity index (χ3n) is 3.53. The molecule has 1 rings (SSSR count). The van der Waals surface area contributed by atoms with Gasteiger partial charge in [-0.1, -0.05) is 20.3 Å². The van der Waals surface area contributed by atoms with Gasteiger partial charge in [0, 0.05) is 0 Å². The van der Waals surface area contributed by atoms with Crippen molar-refractivity contribution in [3.63, 3.8) is 0 Å². The lowest BCUT2D eigenvalue weighted by molar-refractivity contribution is -0.0249. The van der Waals surface area contributed by atoms with Crippen molar-refractivity contribution in [3.05, 3.63) is 0 Å². The Hall–Kier alpha value is -0.0800. The van der Waals surface area contributed by atoms with Crippen LogP contribution in [-0.4, -0.2) is 24.8 Å². The van der Waals surface area contributed by atoms with E-state index >= 15 is 0 Å². The summed E-state index contributed by atoms with van der Waals surface area (Å²) >= 11 is 0. The first-order chi connectivity index (χ1) is 7.57. The molecular formula is C14H29NO. The second kappa shape index (κ2) is 6.61. The summed E-state index contributed by atoms with van der Waals surface area (Å²) in [5.41, 5.74) is 0.125. The largest absolute Gasteiger partial charge is 0.372 e. The van der Waals surface area contributed by atoms with Gasteiger partial charge in [-0.05, 0) is 58.5 Å². The van der Waals surface area contributed by atoms with Crippen LogP contribution in [0.1, 0.15) is 59.8 Å². The minimum atomic E-state index is 0.125. The van der Waals surface area contributed by atoms with Crippen molar-refractivity contribution in [1.82, 2.24) is 5.32 Å². The van der Waals surface area contributed by atoms with Gasteiger partial charge >= 0.3 is 0 Å². The average molecular weight is 227 g/mol. The molecule has 0 aliphatic carbocycles. The van der Waals surface area contributed by atoms with Gasteiger partial charge in [0.15, 0.2) is 0 Å². The van der Waals surface area contributed by atoms with Crippen molar-refractivity contribution >= 4 is 0 Å². The van der Waals surface area contributed by atoms with E-state index in [-0.39, 0.29) is 5.60 Å². The molecule has 0 amide bonds. The quantitative estimate of drug-likeness (QED) is 0.720. The van der Waals surface area contributed by atoms with Gasteiger partial charge in [-0.25, -0.2) is 0 Å². The molecule has 1 aliphatic rings. The van der Waals surface area contributed by atoms with E-state index in [1.165, 1.54) is 32.1 Å². The van der Waals surface area contributed by atoms with E-state index in [4.69, 9.17) is 4.74 Å². The van der Waals surface area contributed by atoms with E-state index in [1.807, 2.05) is 0 Å². The highest BCUT2D eigenvalue weighted by Crippen LogP contribution is 2.33. The second-order valence-corrected chi connectivity index (χ2v) is 5.74. The third kappa shape index (κ3) is 4.84. The first kappa shape index (κ1) is 14.0. The van der Waals surface area contributed by atoms with Crippen molar-refractivity contribution in [2.75, 3.05) is 13.1 Å². The molecule has 0 radical (unpaired) electrons. The Morgan fingerprint density at radius 1 is 1.38 bits per heavy atom. The monoisotopic (exact) mass is 227 g/mol. The zero-order valence-corrected chi connectivity index (χ0v) is 11.5. The molecule has 1 heterocycles. The van der Waals surface area contributed by atoms with Crippen LogP contribution in [0.25, 0.3) is 0 Å². The summed E-state index contributed by atoms with van der Waals surface area (Å²) in [6, 6.07) is 0. The molecule has 2 unspecified atom stereocenters. The van der Waals surface area contributed by atoms with Crippen LogP contribution in [0.5, 0.6) is 0 Å². The molecule has 2 heteroatoms. The number of rotatable bonds is 7. The maximum Gasteiger partial charge on any atom is 0.0631 e. The molecule has 2 atom stereocenters. The van der Waals surface area contributed by atoms with E-state index < -0.39 is 0 Å². The SMILES string of the molecule is CCCC(CNCC)CC1CCC(C)(C)O1. The molecular weight excluding hydrogens is 198 g/mol. The predicted molar refractivity (Wildman–Crippen MR) is 69.7 cm³/mol. The Kier molecular flexibility index (Phi) is 5.77. The summed E-state index contributed by atoms with van der Waals surface area (Å²) in [5, 5.41) is 3.47. The molecule has 0 aromatic heterocycles. The van der Waals surface area contributed by atoms with E-state index in [9.17, 15) is 0 Å². The Morgan fingerprint density at radius 3 is 2.62 bits per heavy atom. The van der Waals surface area contributed by atoms with Gasteiger partial charge in [-0.15, -0.1) is 0 Å². The molecule has 1 fully saturated rings. The number of ether oxygens (including phenoxy) is 1. The molecule has 16 heavy (non-hydrogen) atoms. The van der Waals surface area contributed by atoms with Crippen molar-refractivity contribution in [2.45, 2.75) is 71.5 Å². The molecule has 1 N–H and O–H groups in total. The van der Waals surface area contributed by atoms with Gasteiger partial charge < -0.3 is 10.1 Å². The number of nitrogens with one attached hydrogen (secondary N) is 1. The molecule has 1 aliphatic heterocycles. The van der Waals surface area contributed by atoms with Crippen molar-refractivity contribution in [2.24, 2.45) is 5.92 Å². The van der Waals surface area contributed by atoms with Crippen LogP contribution >= 0.6 is 0 Å². The summed E-state index contributed by atoms with van der Waals surface area (Å²) < 4.78 is 6.08. The minimum absolute atomic E-state index is 0.125. The summed E-state index contributed by atoms with van der Waals surface area (Å²) in [7, 11) is 0. The minimum Gasteiger partial charge on any atom is -0.372 e. The van der Waals surface area contributed by atoms with Crippen LogP contribution < -0.4 is 5.32 Å². The normalized spacial score (nSPS) is 25.9. The van der Waals surface area contributed by atoms with E-state index in [2.05, 4.69) is 33.0 Å². The first-order valence-electron chi connectivity index (χ1n) is 6.96. The smallest absolute Gasteiger partial charge is 0.0631 e. The van der Waals surface area contributed by atoms with Gasteiger partial charge in [0.1, 0.15) is 0 Å². The highest BCUT2D eigenvalue weighted by Gasteiger charge is 2.32. The Balaban J connectivity index is 2.31. The maximum absolute atomic E-state index is 6.08. The Morgan fingerprint density at radius 2 is 2.12 bits per heavy atom. The third-order valence-corrected chi connectivity index (χ3v) is 3.53. The Labute approximate surface area is 101 Å². The van der Waals surface area contributed by atoms with Crippen LogP contribution in [0, 0.1) is 5.92 Å². The fourth-order valence-corrected chi connectivity index (χ4v) is 2.68. The van der Waals surface area contributed by atoms with Crippen molar-refractivity contribution in [1.29, 1.82) is 0 Å². The lowest BCUT2D eigenvalue weighted by Crippen LogP contribution is -2.27. The summed E-state index contributed by atoms with van der Waals surface area (Å²) in [5.74, 6) is 0.795. The van der Waals surface area contributed by atoms with Crippen LogP contribution in [0.3, 0.4) is 0 Å². The van der Waals surface area contributed by atoms with Crippen molar-refractivity contribution in [3.8, 4) is 0 Å². The molecule has 0 bridgehead atoms. The van der Waals surface area contributed by atoms with Crippen LogP contribution in [0.4, 0.5) is 0 Å². The fraction of sp³-hybridized carbons (Fsp3) is 1.00. The van der Waals surface area contributed by atoms with Gasteiger partial charge in [0.05, 0.1) is 11.7 Å². The lowest BCUT2D eigenvalue weighted by Gasteiger charge is -2.23. The Bertz CT molecular complexity index is 191. The average Bonchev–Trinajstić information content (AvgIpc) is 2.55. The molecule has 2 nitrogen and oxygen atoms in total. The highest BCUT2D eigenvalue weighted by atomic mass is 16.5. The summed E-state index contributed by atoms with van der Waals surface area (Å²) in [6.45, 7) is 11.1. The van der Waals surface area contributed by atoms with Gasteiger partial charge in [0.2, 0.25) is 0 Å². The van der Waals surface area contributed by atoms with Crippen LogP contribution in [0.15, 0.2) is 0 Å². The topological polar surface area (TPSA) is 21.3 Å². The standard InChI is InChI=1S/C14H29NO/c1-5-7-12(11-15-6-2)10-13-8-9-14(3,4)16-13/h12-13,15H,5-11H2,1-4H3. The van der Waals surface area contributed by atoms with E-state index in [0.29, 0.717) is 6.10 Å². The maximum atomic E-state index is 6.08. The van der Waals surface area contributed by atoms with Gasteiger partial charge in [0.25, 0.3) is 0 Å². The first-order valence-corrected chi connectivity index (χ1v) is 6.96. The zero-order chi connectivity index (χ0) is 12.0. The number of hydrogen-bond donors (Lipinski definition) is 1. The van der Waals surface area contributed by atoms with Gasteiger partial charge in [-0.3, -0.25) is 0 Å². The fourth-order valence-electron chi connectivity index (χ4n) is 2.68. The van der Waals surface area contributed by atoms with Crippen LogP contribution in [0.2, 0.25) is 0 Å². The predicted octanol–water partition coefficient (Wildman–Crippen LogP) is 3.36. The molecule has 1 saturated heterocycles. The second-order valence-electron chi connectivity index (χ2n) is 5.74. The van der Waals surface area contributed by atoms with Crippen LogP contribution in [-0.2, 0) is 4.74 Å². The summed E-state index contributed by atoms with van der Waals surface area (Å²) in [6.07, 6.45) is 6.83. The lowest BCUT2D eigenvalue weighted by atomic mass is 9.94. The highest BCUT2D eigenvalue weighted by molar-refractivity contribution is 4.82. The molecule has 96 valence electrons. The summed E-state index contributed by atoms with van der Waals surface area (Å²) in [4.78, 5) is 0. The van der Waals surface area contributed by atoms with E-state index in [1.54, 1.807) is 0 Å². The van der Waals surface area contributed by atoms with E-state index in [0.717, 1.165) is 19.0 Å². The number of hydrogen-bond acceptors (Lipinski definition) is 2. The molecule has 0 aromatic rings. The van der Waals surface area contributed by atoms with Gasteiger partial charge in [-0.2, -0.15) is 0 Å². The van der Waals surface area contributed by atoms with Crippen molar-refractivity contribution < 1.29 is 4.74 Å². The molecule has 0 saturated carbocycles. The molecule has 0 spiro atoms. The molecule has 0 aromatic carbocycles. The zero-order valence-electron chi connectivity index (χ0n) is 11.5.